The first-order valence-electron chi connectivity index (χ1n) is 5.15. The predicted molar refractivity (Wildman–Crippen MR) is 61.6 cm³/mol. The predicted octanol–water partition coefficient (Wildman–Crippen LogP) is 1.56. The SMILES string of the molecule is O=S1(=O)C2=CC=CNC[C@@H]2c2ccccc21. The molecular formula is C12H11NO2S. The van der Waals surface area contributed by atoms with E-state index in [-0.39, 0.29) is 5.92 Å². The van der Waals surface area contributed by atoms with Crippen LogP contribution < -0.4 is 5.32 Å². The first kappa shape index (κ1) is 9.66. The van der Waals surface area contributed by atoms with Gasteiger partial charge in [-0.05, 0) is 30.0 Å². The smallest absolute Gasteiger partial charge is 0.203 e. The lowest BCUT2D eigenvalue weighted by Crippen LogP contribution is -2.15. The van der Waals surface area contributed by atoms with Crippen LogP contribution in [0, 0.1) is 0 Å². The van der Waals surface area contributed by atoms with Crippen LogP contribution >= 0.6 is 0 Å². The van der Waals surface area contributed by atoms with E-state index >= 15 is 0 Å². The van der Waals surface area contributed by atoms with Crippen LogP contribution in [0.1, 0.15) is 11.5 Å². The zero-order valence-electron chi connectivity index (χ0n) is 8.55. The quantitative estimate of drug-likeness (QED) is 0.739. The molecular weight excluding hydrogens is 222 g/mol. The molecule has 16 heavy (non-hydrogen) atoms. The molecule has 1 aromatic carbocycles. The highest BCUT2D eigenvalue weighted by Gasteiger charge is 2.39. The van der Waals surface area contributed by atoms with Crippen LogP contribution in [0.15, 0.2) is 52.4 Å². The molecule has 0 aliphatic carbocycles. The average molecular weight is 233 g/mol. The van der Waals surface area contributed by atoms with Crippen LogP contribution in [0.2, 0.25) is 0 Å². The molecule has 0 bridgehead atoms. The van der Waals surface area contributed by atoms with Crippen LogP contribution in [0.4, 0.5) is 0 Å². The van der Waals surface area contributed by atoms with Crippen molar-refractivity contribution in [2.24, 2.45) is 0 Å². The number of allylic oxidation sites excluding steroid dienone is 2. The summed E-state index contributed by atoms with van der Waals surface area (Å²) >= 11 is 0. The highest BCUT2D eigenvalue weighted by molar-refractivity contribution is 7.95. The second-order valence-corrected chi connectivity index (χ2v) is 5.85. The van der Waals surface area contributed by atoms with Crippen molar-refractivity contribution in [3.05, 3.63) is 53.1 Å². The summed E-state index contributed by atoms with van der Waals surface area (Å²) in [6, 6.07) is 7.23. The van der Waals surface area contributed by atoms with E-state index in [1.807, 2.05) is 12.1 Å². The average Bonchev–Trinajstić information content (AvgIpc) is 2.50. The Balaban J connectivity index is 2.31. The Morgan fingerprint density at radius 1 is 1.25 bits per heavy atom. The Hall–Kier alpha value is -1.55. The van der Waals surface area contributed by atoms with Crippen molar-refractivity contribution in [3.63, 3.8) is 0 Å². The molecule has 1 aromatic rings. The molecule has 0 aromatic heterocycles. The van der Waals surface area contributed by atoms with Crippen molar-refractivity contribution in [3.8, 4) is 0 Å². The van der Waals surface area contributed by atoms with Gasteiger partial charge in [0, 0.05) is 12.5 Å². The minimum atomic E-state index is -3.26. The molecule has 1 N–H and O–H groups in total. The maximum absolute atomic E-state index is 12.2. The Labute approximate surface area is 94.4 Å². The van der Waals surface area contributed by atoms with Gasteiger partial charge in [0.1, 0.15) is 0 Å². The fourth-order valence-corrected chi connectivity index (χ4v) is 4.17. The molecule has 3 rings (SSSR count). The number of fused-ring (bicyclic) bond motifs is 3. The summed E-state index contributed by atoms with van der Waals surface area (Å²) in [5, 5.41) is 3.10. The second kappa shape index (κ2) is 3.22. The van der Waals surface area contributed by atoms with Crippen molar-refractivity contribution >= 4 is 9.84 Å². The number of benzene rings is 1. The number of rotatable bonds is 0. The van der Waals surface area contributed by atoms with Gasteiger partial charge < -0.3 is 5.32 Å². The van der Waals surface area contributed by atoms with E-state index in [1.165, 1.54) is 0 Å². The third kappa shape index (κ3) is 1.16. The summed E-state index contributed by atoms with van der Waals surface area (Å²) in [5.74, 6) is -0.0452. The molecule has 3 nitrogen and oxygen atoms in total. The first-order chi connectivity index (χ1) is 7.71. The fraction of sp³-hybridized carbons (Fsp3) is 0.167. The van der Waals surface area contributed by atoms with E-state index in [2.05, 4.69) is 5.32 Å². The molecule has 4 heteroatoms. The zero-order chi connectivity index (χ0) is 11.2. The van der Waals surface area contributed by atoms with Gasteiger partial charge in [-0.1, -0.05) is 18.2 Å². The fourth-order valence-electron chi connectivity index (χ4n) is 2.29. The Morgan fingerprint density at radius 3 is 2.94 bits per heavy atom. The molecule has 2 aliphatic rings. The van der Waals surface area contributed by atoms with Gasteiger partial charge in [-0.25, -0.2) is 8.42 Å². The second-order valence-electron chi connectivity index (χ2n) is 3.93. The van der Waals surface area contributed by atoms with Gasteiger partial charge in [0.05, 0.1) is 9.80 Å². The van der Waals surface area contributed by atoms with Crippen molar-refractivity contribution in [1.82, 2.24) is 5.32 Å². The van der Waals surface area contributed by atoms with Crippen molar-refractivity contribution in [2.75, 3.05) is 6.54 Å². The third-order valence-corrected chi connectivity index (χ3v) is 5.03. The third-order valence-electron chi connectivity index (χ3n) is 3.03. The summed E-state index contributed by atoms with van der Waals surface area (Å²) in [5.41, 5.74) is 0.907. The van der Waals surface area contributed by atoms with Crippen LogP contribution in [0.25, 0.3) is 0 Å². The standard InChI is InChI=1S/C12H11NO2S/c14-16(15)11-5-2-1-4-9(11)10-8-13-7-3-6-12(10)16/h1-7,10,13H,8H2/t10-/m1/s1. The summed E-state index contributed by atoms with van der Waals surface area (Å²) < 4.78 is 24.5. The summed E-state index contributed by atoms with van der Waals surface area (Å²) in [6.45, 7) is 0.637. The monoisotopic (exact) mass is 233 g/mol. The van der Waals surface area contributed by atoms with E-state index in [0.717, 1.165) is 5.56 Å². The van der Waals surface area contributed by atoms with Gasteiger partial charge in [0.25, 0.3) is 0 Å². The van der Waals surface area contributed by atoms with Crippen LogP contribution in [-0.2, 0) is 9.84 Å². The molecule has 0 fully saturated rings. The maximum atomic E-state index is 12.2. The lowest BCUT2D eigenvalue weighted by Gasteiger charge is -2.09. The zero-order valence-corrected chi connectivity index (χ0v) is 9.37. The molecule has 0 saturated heterocycles. The van der Waals surface area contributed by atoms with E-state index < -0.39 is 9.84 Å². The topological polar surface area (TPSA) is 46.2 Å². The minimum Gasteiger partial charge on any atom is -0.390 e. The Bertz CT molecular complexity index is 599. The summed E-state index contributed by atoms with van der Waals surface area (Å²) in [4.78, 5) is 0.971. The molecule has 0 spiro atoms. The van der Waals surface area contributed by atoms with Gasteiger partial charge in [-0.15, -0.1) is 0 Å². The lowest BCUT2D eigenvalue weighted by molar-refractivity contribution is 0.603. The lowest BCUT2D eigenvalue weighted by atomic mass is 9.99. The van der Waals surface area contributed by atoms with Gasteiger partial charge in [-0.3, -0.25) is 0 Å². The van der Waals surface area contributed by atoms with Crippen molar-refractivity contribution in [1.29, 1.82) is 0 Å². The molecule has 82 valence electrons. The van der Waals surface area contributed by atoms with Gasteiger partial charge in [0.15, 0.2) is 0 Å². The number of hydrogen-bond donors (Lipinski definition) is 1. The summed E-state index contributed by atoms with van der Waals surface area (Å²) in [6.07, 6.45) is 5.22. The summed E-state index contributed by atoms with van der Waals surface area (Å²) in [7, 11) is -3.26. The minimum absolute atomic E-state index is 0.0452. The highest BCUT2D eigenvalue weighted by atomic mass is 32.2. The van der Waals surface area contributed by atoms with E-state index in [9.17, 15) is 8.42 Å². The normalized spacial score (nSPS) is 25.0. The van der Waals surface area contributed by atoms with Crippen molar-refractivity contribution in [2.45, 2.75) is 10.8 Å². The molecule has 1 atom stereocenters. The van der Waals surface area contributed by atoms with Crippen molar-refractivity contribution < 1.29 is 8.42 Å². The van der Waals surface area contributed by atoms with E-state index in [1.54, 1.807) is 30.5 Å². The number of sulfone groups is 1. The van der Waals surface area contributed by atoms with E-state index in [0.29, 0.717) is 16.3 Å². The Morgan fingerprint density at radius 2 is 2.06 bits per heavy atom. The molecule has 0 amide bonds. The largest absolute Gasteiger partial charge is 0.390 e. The molecule has 2 aliphatic heterocycles. The van der Waals surface area contributed by atoms with E-state index in [4.69, 9.17) is 0 Å². The highest BCUT2D eigenvalue weighted by Crippen LogP contribution is 2.43. The van der Waals surface area contributed by atoms with Gasteiger partial charge in [-0.2, -0.15) is 0 Å². The molecule has 0 unspecified atom stereocenters. The maximum Gasteiger partial charge on any atom is 0.203 e. The first-order valence-corrected chi connectivity index (χ1v) is 6.64. The molecule has 2 heterocycles. The molecule has 0 saturated carbocycles. The van der Waals surface area contributed by atoms with Gasteiger partial charge in [0.2, 0.25) is 9.84 Å². The Kier molecular flexibility index (Phi) is 1.94. The number of nitrogens with one attached hydrogen (secondary N) is 1. The van der Waals surface area contributed by atoms with Crippen LogP contribution in [0.5, 0.6) is 0 Å². The molecule has 0 radical (unpaired) electrons. The van der Waals surface area contributed by atoms with Crippen LogP contribution in [0.3, 0.4) is 0 Å². The van der Waals surface area contributed by atoms with Gasteiger partial charge >= 0.3 is 0 Å². The van der Waals surface area contributed by atoms with Crippen LogP contribution in [-0.4, -0.2) is 15.0 Å². The number of hydrogen-bond acceptors (Lipinski definition) is 3.